The number of rotatable bonds is 14. The lowest BCUT2D eigenvalue weighted by Gasteiger charge is -2.45. The third kappa shape index (κ3) is 9.19. The van der Waals surface area contributed by atoms with Gasteiger partial charge in [0, 0.05) is 47.9 Å². The quantitative estimate of drug-likeness (QED) is 0.150. The van der Waals surface area contributed by atoms with Crippen molar-refractivity contribution in [2.24, 2.45) is 11.3 Å². The molecule has 0 spiro atoms. The number of aromatic nitrogens is 1. The first-order chi connectivity index (χ1) is 21.4. The minimum absolute atomic E-state index is 0.122. The van der Waals surface area contributed by atoms with Gasteiger partial charge < -0.3 is 29.8 Å². The Kier molecular flexibility index (Phi) is 11.9. The third-order valence-electron chi connectivity index (χ3n) is 9.38. The number of ketones is 1. The zero-order valence-corrected chi connectivity index (χ0v) is 27.8. The molecule has 2 aliphatic rings. The molecule has 9 heteroatoms. The summed E-state index contributed by atoms with van der Waals surface area (Å²) in [5.41, 5.74) is 1.57. The summed E-state index contributed by atoms with van der Waals surface area (Å²) in [7, 11) is 0. The molecule has 2 heterocycles. The number of carbonyl (C=O) groups is 3. The number of amides is 2. The lowest BCUT2D eigenvalue weighted by Crippen LogP contribution is -2.53. The van der Waals surface area contributed by atoms with Gasteiger partial charge in [0.25, 0.3) is 0 Å². The summed E-state index contributed by atoms with van der Waals surface area (Å²) in [6, 6.07) is 11.4. The van der Waals surface area contributed by atoms with Gasteiger partial charge in [-0.25, -0.2) is 4.79 Å². The van der Waals surface area contributed by atoms with Gasteiger partial charge in [0.05, 0.1) is 13.0 Å². The van der Waals surface area contributed by atoms with Crippen molar-refractivity contribution in [2.75, 3.05) is 13.2 Å². The third-order valence-corrected chi connectivity index (χ3v) is 9.38. The van der Waals surface area contributed by atoms with E-state index < -0.39 is 29.2 Å². The topological polar surface area (TPSA) is 121 Å². The summed E-state index contributed by atoms with van der Waals surface area (Å²) < 4.78 is 12.0. The van der Waals surface area contributed by atoms with Gasteiger partial charge in [0.2, 0.25) is 0 Å². The number of carbonyl (C=O) groups excluding carboxylic acids is 2. The summed E-state index contributed by atoms with van der Waals surface area (Å²) in [6.45, 7) is 11.2. The van der Waals surface area contributed by atoms with E-state index in [0.29, 0.717) is 31.0 Å². The molecule has 2 amide bonds. The van der Waals surface area contributed by atoms with E-state index in [9.17, 15) is 19.5 Å². The Bertz CT molecular complexity index is 1270. The first-order valence-electron chi connectivity index (χ1n) is 16.8. The molecule has 4 rings (SSSR count). The summed E-state index contributed by atoms with van der Waals surface area (Å²) >= 11 is 0. The zero-order chi connectivity index (χ0) is 32.6. The van der Waals surface area contributed by atoms with Gasteiger partial charge in [0.15, 0.2) is 11.6 Å². The zero-order valence-electron chi connectivity index (χ0n) is 27.8. The Balaban J connectivity index is 1.58. The Hall–Kier alpha value is -3.17. The highest BCUT2D eigenvalue weighted by Gasteiger charge is 2.47. The molecule has 4 unspecified atom stereocenters. The van der Waals surface area contributed by atoms with Gasteiger partial charge in [-0.2, -0.15) is 0 Å². The van der Waals surface area contributed by atoms with Gasteiger partial charge >= 0.3 is 12.0 Å². The number of benzene rings is 1. The smallest absolute Gasteiger partial charge is 0.317 e. The van der Waals surface area contributed by atoms with Crippen molar-refractivity contribution < 1.29 is 29.0 Å². The number of unbranched alkanes of at least 4 members (excludes halogenated alkanes) is 3. The number of aromatic amines is 1. The molecule has 2 fully saturated rings. The van der Waals surface area contributed by atoms with Crippen LogP contribution in [0.25, 0.3) is 0 Å². The number of nitrogens with zero attached hydrogens (tertiary/aromatic N) is 1. The number of aliphatic carboxylic acids is 1. The van der Waals surface area contributed by atoms with E-state index in [1.54, 1.807) is 26.1 Å². The van der Waals surface area contributed by atoms with Crippen molar-refractivity contribution in [1.82, 2.24) is 15.2 Å². The second-order valence-electron chi connectivity index (χ2n) is 14.0. The first-order valence-corrected chi connectivity index (χ1v) is 16.8. The molecule has 248 valence electrons. The molecule has 9 nitrogen and oxygen atoms in total. The second-order valence-corrected chi connectivity index (χ2v) is 14.0. The van der Waals surface area contributed by atoms with E-state index in [1.807, 2.05) is 49.1 Å². The van der Waals surface area contributed by atoms with Crippen molar-refractivity contribution >= 4 is 17.8 Å². The molecule has 0 bridgehead atoms. The highest BCUT2D eigenvalue weighted by Crippen LogP contribution is 2.42. The fourth-order valence-electron chi connectivity index (χ4n) is 6.88. The molecule has 4 atom stereocenters. The lowest BCUT2D eigenvalue weighted by molar-refractivity contribution is -0.298. The number of ether oxygens (including phenoxy) is 2. The predicted molar refractivity (Wildman–Crippen MR) is 174 cm³/mol. The maximum absolute atomic E-state index is 14.1. The molecule has 1 aromatic carbocycles. The molecular weight excluding hydrogens is 570 g/mol. The van der Waals surface area contributed by atoms with E-state index in [-0.39, 0.29) is 30.2 Å². The molecule has 1 saturated heterocycles. The number of carboxylic acids is 1. The van der Waals surface area contributed by atoms with Crippen LogP contribution in [0.15, 0.2) is 42.6 Å². The minimum atomic E-state index is -0.936. The van der Waals surface area contributed by atoms with E-state index >= 15 is 0 Å². The van der Waals surface area contributed by atoms with E-state index in [2.05, 4.69) is 17.2 Å². The van der Waals surface area contributed by atoms with Crippen LogP contribution in [-0.2, 0) is 20.8 Å². The average molecular weight is 624 g/mol. The first kappa shape index (κ1) is 34.7. The molecule has 45 heavy (non-hydrogen) atoms. The predicted octanol–water partition coefficient (Wildman–Crippen LogP) is 7.28. The van der Waals surface area contributed by atoms with Crippen molar-refractivity contribution in [1.29, 1.82) is 0 Å². The molecule has 1 aromatic heterocycles. The van der Waals surface area contributed by atoms with Crippen LogP contribution in [0.5, 0.6) is 0 Å². The number of carboxylic acid groups (broad SMARTS) is 1. The Morgan fingerprint density at radius 3 is 2.49 bits per heavy atom. The van der Waals surface area contributed by atoms with Gasteiger partial charge in [-0.15, -0.1) is 0 Å². The van der Waals surface area contributed by atoms with Crippen molar-refractivity contribution in [3.05, 3.63) is 59.4 Å². The van der Waals surface area contributed by atoms with Crippen molar-refractivity contribution in [2.45, 2.75) is 123 Å². The second kappa shape index (κ2) is 15.4. The van der Waals surface area contributed by atoms with Gasteiger partial charge in [-0.1, -0.05) is 83.2 Å². The number of Topliss-reactive ketones (excluding diaryl/α,β-unsaturated/α-hetero) is 1. The monoisotopic (exact) mass is 623 g/mol. The lowest BCUT2D eigenvalue weighted by atomic mass is 9.72. The maximum Gasteiger partial charge on any atom is 0.317 e. The SMILES string of the molecule is CCCCCCN(Cc1ccccc1)C(=O)NC1CCCCC1C(CC(=O)O)c1[nH]ccc1C(=O)C1OC(C)(C)OCC1(C)C. The van der Waals surface area contributed by atoms with E-state index in [4.69, 9.17) is 9.47 Å². The highest BCUT2D eigenvalue weighted by molar-refractivity contribution is 6.01. The molecule has 3 N–H and O–H groups in total. The Morgan fingerprint density at radius 1 is 1.04 bits per heavy atom. The van der Waals surface area contributed by atoms with Crippen LogP contribution in [0.3, 0.4) is 0 Å². The van der Waals surface area contributed by atoms with Crippen LogP contribution in [0, 0.1) is 11.3 Å². The van der Waals surface area contributed by atoms with Gasteiger partial charge in [0.1, 0.15) is 6.10 Å². The largest absolute Gasteiger partial charge is 0.481 e. The van der Waals surface area contributed by atoms with Crippen LogP contribution in [0.2, 0.25) is 0 Å². The van der Waals surface area contributed by atoms with Crippen LogP contribution >= 0.6 is 0 Å². The van der Waals surface area contributed by atoms with Crippen LogP contribution in [0.1, 0.15) is 120 Å². The van der Waals surface area contributed by atoms with Crippen LogP contribution in [0.4, 0.5) is 4.79 Å². The van der Waals surface area contributed by atoms with Crippen molar-refractivity contribution in [3.63, 3.8) is 0 Å². The Labute approximate surface area is 268 Å². The molecular formula is C36H53N3O6. The van der Waals surface area contributed by atoms with E-state index in [1.165, 1.54) is 0 Å². The minimum Gasteiger partial charge on any atom is -0.481 e. The normalized spacial score (nSPS) is 23.2. The standard InChI is InChI=1S/C36H53N3O6/c1-6-7-8-14-21-39(23-25-15-10-9-11-16-25)34(43)38-29-18-13-12-17-26(29)28(22-30(40)41)31-27(19-20-37-31)32(42)33-35(2,3)24-44-36(4,5)45-33/h9-11,15-16,19-20,26,28-29,33,37H,6-8,12-14,17-18,21-24H2,1-5H3,(H,38,43)(H,40,41). The number of hydrogen-bond donors (Lipinski definition) is 3. The summed E-state index contributed by atoms with van der Waals surface area (Å²) in [6.07, 6.45) is 8.48. The number of urea groups is 1. The number of H-pyrrole nitrogens is 1. The summed E-state index contributed by atoms with van der Waals surface area (Å²) in [5, 5.41) is 13.4. The molecule has 0 radical (unpaired) electrons. The molecule has 1 aliphatic carbocycles. The summed E-state index contributed by atoms with van der Waals surface area (Å²) in [5.74, 6) is -2.66. The van der Waals surface area contributed by atoms with Crippen molar-refractivity contribution in [3.8, 4) is 0 Å². The summed E-state index contributed by atoms with van der Waals surface area (Å²) in [4.78, 5) is 45.4. The fraction of sp³-hybridized carbons (Fsp3) is 0.639. The van der Waals surface area contributed by atoms with Gasteiger partial charge in [-0.05, 0) is 50.7 Å². The number of hydrogen-bond acceptors (Lipinski definition) is 5. The van der Waals surface area contributed by atoms with Crippen LogP contribution in [-0.4, -0.2) is 63.9 Å². The fourth-order valence-corrected chi connectivity index (χ4v) is 6.88. The molecule has 1 saturated carbocycles. The van der Waals surface area contributed by atoms with E-state index in [0.717, 1.165) is 56.9 Å². The molecule has 2 aromatic rings. The average Bonchev–Trinajstić information content (AvgIpc) is 3.49. The highest BCUT2D eigenvalue weighted by atomic mass is 16.7. The molecule has 1 aliphatic heterocycles. The number of nitrogens with one attached hydrogen (secondary N) is 2. The maximum atomic E-state index is 14.1. The van der Waals surface area contributed by atoms with Gasteiger partial charge in [-0.3, -0.25) is 9.59 Å². The Morgan fingerprint density at radius 2 is 1.78 bits per heavy atom. The van der Waals surface area contributed by atoms with Crippen LogP contribution < -0.4 is 5.32 Å².